The number of nitrogens with two attached hydrogens (primary N) is 1. The first-order chi connectivity index (χ1) is 8.08. The molecule has 0 aliphatic rings. The van der Waals surface area contributed by atoms with E-state index in [2.05, 4.69) is 0 Å². The molecule has 0 fully saturated rings. The monoisotopic (exact) mass is 271 g/mol. The second kappa shape index (κ2) is 4.94. The van der Waals surface area contributed by atoms with Gasteiger partial charge in [0.2, 0.25) is 0 Å². The summed E-state index contributed by atoms with van der Waals surface area (Å²) in [6.07, 6.45) is 0. The van der Waals surface area contributed by atoms with E-state index >= 15 is 0 Å². The van der Waals surface area contributed by atoms with Crippen molar-refractivity contribution in [2.45, 2.75) is 9.79 Å². The fourth-order valence-electron chi connectivity index (χ4n) is 1.28. The van der Waals surface area contributed by atoms with Gasteiger partial charge in [-0.1, -0.05) is 35.5 Å². The van der Waals surface area contributed by atoms with E-state index in [0.717, 1.165) is 11.8 Å². The van der Waals surface area contributed by atoms with E-state index in [1.807, 2.05) is 0 Å². The van der Waals surface area contributed by atoms with Crippen molar-refractivity contribution in [1.29, 1.82) is 0 Å². The van der Waals surface area contributed by atoms with Gasteiger partial charge in [-0.05, 0) is 24.3 Å². The summed E-state index contributed by atoms with van der Waals surface area (Å²) in [6.45, 7) is 0. The average molecular weight is 272 g/mol. The minimum absolute atomic E-state index is 0.0413. The Balaban J connectivity index is 2.37. The van der Waals surface area contributed by atoms with Crippen molar-refractivity contribution in [3.8, 4) is 0 Å². The lowest BCUT2D eigenvalue weighted by Crippen LogP contribution is -1.91. The quantitative estimate of drug-likeness (QED) is 0.822. The van der Waals surface area contributed by atoms with E-state index in [0.29, 0.717) is 15.5 Å². The first-order valence-electron chi connectivity index (χ1n) is 4.75. The topological polar surface area (TPSA) is 26.0 Å². The van der Waals surface area contributed by atoms with Gasteiger partial charge in [-0.2, -0.15) is 0 Å². The number of rotatable bonds is 2. The first kappa shape index (κ1) is 12.2. The molecule has 5 heteroatoms. The van der Waals surface area contributed by atoms with Gasteiger partial charge in [0.25, 0.3) is 0 Å². The Kier molecular flexibility index (Phi) is 3.54. The van der Waals surface area contributed by atoms with Crippen molar-refractivity contribution in [2.75, 3.05) is 5.73 Å². The van der Waals surface area contributed by atoms with Gasteiger partial charge in [-0.3, -0.25) is 0 Å². The van der Waals surface area contributed by atoms with Crippen LogP contribution in [0.2, 0.25) is 5.02 Å². The molecule has 0 bridgehead atoms. The molecule has 0 spiro atoms. The van der Waals surface area contributed by atoms with Gasteiger partial charge in [0.1, 0.15) is 11.6 Å². The van der Waals surface area contributed by atoms with Crippen molar-refractivity contribution in [3.63, 3.8) is 0 Å². The maximum absolute atomic E-state index is 13.4. The van der Waals surface area contributed by atoms with Gasteiger partial charge >= 0.3 is 0 Å². The Bertz CT molecular complexity index is 560. The molecule has 1 nitrogen and oxygen atoms in total. The molecule has 2 aromatic carbocycles. The zero-order chi connectivity index (χ0) is 12.4. The molecule has 0 atom stereocenters. The lowest BCUT2D eigenvalue weighted by atomic mass is 10.3. The fourth-order valence-corrected chi connectivity index (χ4v) is 2.34. The number of hydrogen-bond acceptors (Lipinski definition) is 2. The molecular weight excluding hydrogens is 264 g/mol. The maximum atomic E-state index is 13.4. The predicted molar refractivity (Wildman–Crippen MR) is 66.3 cm³/mol. The van der Waals surface area contributed by atoms with Crippen LogP contribution in [0.3, 0.4) is 0 Å². The van der Waals surface area contributed by atoms with E-state index in [1.165, 1.54) is 18.2 Å². The molecule has 2 aromatic rings. The summed E-state index contributed by atoms with van der Waals surface area (Å²) >= 11 is 6.65. The molecule has 0 amide bonds. The van der Waals surface area contributed by atoms with Crippen molar-refractivity contribution < 1.29 is 8.78 Å². The Labute approximate surface area is 107 Å². The van der Waals surface area contributed by atoms with E-state index in [9.17, 15) is 8.78 Å². The highest BCUT2D eigenvalue weighted by Crippen LogP contribution is 2.35. The number of halogens is 3. The van der Waals surface area contributed by atoms with Crippen LogP contribution in [0.1, 0.15) is 0 Å². The van der Waals surface area contributed by atoms with Crippen molar-refractivity contribution in [1.82, 2.24) is 0 Å². The molecule has 0 aromatic heterocycles. The molecule has 0 saturated carbocycles. The zero-order valence-corrected chi connectivity index (χ0v) is 10.2. The van der Waals surface area contributed by atoms with Gasteiger partial charge in [-0.15, -0.1) is 0 Å². The highest BCUT2D eigenvalue weighted by Gasteiger charge is 2.10. The van der Waals surface area contributed by atoms with Gasteiger partial charge in [0.15, 0.2) is 0 Å². The Morgan fingerprint density at radius 2 is 1.71 bits per heavy atom. The SMILES string of the molecule is Nc1cc(Cl)c(F)cc1Sc1ccccc1F. The van der Waals surface area contributed by atoms with Crippen molar-refractivity contribution >= 4 is 29.1 Å². The largest absolute Gasteiger partial charge is 0.398 e. The molecule has 0 heterocycles. The van der Waals surface area contributed by atoms with Crippen molar-refractivity contribution in [2.24, 2.45) is 0 Å². The maximum Gasteiger partial charge on any atom is 0.143 e. The molecule has 2 rings (SSSR count). The highest BCUT2D eigenvalue weighted by atomic mass is 35.5. The molecule has 0 saturated heterocycles. The van der Waals surface area contributed by atoms with Crippen molar-refractivity contribution in [3.05, 3.63) is 53.1 Å². The molecular formula is C12H8ClF2NS. The van der Waals surface area contributed by atoms with Crippen LogP contribution in [-0.4, -0.2) is 0 Å². The van der Waals surface area contributed by atoms with Crippen LogP contribution in [0.5, 0.6) is 0 Å². The Morgan fingerprint density at radius 3 is 2.41 bits per heavy atom. The molecule has 17 heavy (non-hydrogen) atoms. The number of benzene rings is 2. The second-order valence-corrected chi connectivity index (χ2v) is 4.83. The standard InChI is InChI=1S/C12H8ClF2NS/c13-7-5-10(16)12(6-9(7)15)17-11-4-2-1-3-8(11)14/h1-6H,16H2. The third-order valence-electron chi connectivity index (χ3n) is 2.11. The lowest BCUT2D eigenvalue weighted by Gasteiger charge is -2.07. The number of hydrogen-bond donors (Lipinski definition) is 1. The highest BCUT2D eigenvalue weighted by molar-refractivity contribution is 7.99. The van der Waals surface area contributed by atoms with Crippen LogP contribution in [0.4, 0.5) is 14.5 Å². The van der Waals surface area contributed by atoms with Gasteiger partial charge in [0.05, 0.1) is 5.02 Å². The van der Waals surface area contributed by atoms with Crippen LogP contribution in [0.25, 0.3) is 0 Å². The summed E-state index contributed by atoms with van der Waals surface area (Å²) in [6, 6.07) is 8.75. The normalized spacial score (nSPS) is 10.5. The van der Waals surface area contributed by atoms with E-state index in [4.69, 9.17) is 17.3 Å². The lowest BCUT2D eigenvalue weighted by molar-refractivity contribution is 0.601. The molecule has 88 valence electrons. The zero-order valence-electron chi connectivity index (χ0n) is 8.58. The Hall–Kier alpha value is -1.26. The Morgan fingerprint density at radius 1 is 1.00 bits per heavy atom. The van der Waals surface area contributed by atoms with Gasteiger partial charge in [-0.25, -0.2) is 8.78 Å². The molecule has 0 aliphatic heterocycles. The van der Waals surface area contributed by atoms with Crippen LogP contribution >= 0.6 is 23.4 Å². The average Bonchev–Trinajstić information content (AvgIpc) is 2.29. The van der Waals surface area contributed by atoms with E-state index in [1.54, 1.807) is 18.2 Å². The summed E-state index contributed by atoms with van der Waals surface area (Å²) in [5, 5.41) is -0.0413. The minimum atomic E-state index is -0.570. The first-order valence-corrected chi connectivity index (χ1v) is 5.94. The second-order valence-electron chi connectivity index (χ2n) is 3.34. The molecule has 0 unspecified atom stereocenters. The number of anilines is 1. The third kappa shape index (κ3) is 2.70. The summed E-state index contributed by atoms with van der Waals surface area (Å²) in [5.74, 6) is -0.938. The minimum Gasteiger partial charge on any atom is -0.398 e. The van der Waals surface area contributed by atoms with E-state index in [-0.39, 0.29) is 10.8 Å². The third-order valence-corrected chi connectivity index (χ3v) is 3.52. The van der Waals surface area contributed by atoms with Gasteiger partial charge in [0, 0.05) is 15.5 Å². The molecule has 0 radical (unpaired) electrons. The predicted octanol–water partition coefficient (Wildman–Crippen LogP) is 4.35. The molecule has 0 aliphatic carbocycles. The smallest absolute Gasteiger partial charge is 0.143 e. The van der Waals surface area contributed by atoms with Crippen LogP contribution < -0.4 is 5.73 Å². The summed E-state index contributed by atoms with van der Waals surface area (Å²) < 4.78 is 26.7. The van der Waals surface area contributed by atoms with Crippen LogP contribution in [0.15, 0.2) is 46.2 Å². The summed E-state index contributed by atoms with van der Waals surface area (Å²) in [7, 11) is 0. The summed E-state index contributed by atoms with van der Waals surface area (Å²) in [5.41, 5.74) is 6.02. The summed E-state index contributed by atoms with van der Waals surface area (Å²) in [4.78, 5) is 0.831. The van der Waals surface area contributed by atoms with Gasteiger partial charge < -0.3 is 5.73 Å². The fraction of sp³-hybridized carbons (Fsp3) is 0. The van der Waals surface area contributed by atoms with E-state index < -0.39 is 5.82 Å². The van der Waals surface area contributed by atoms with Crippen LogP contribution in [-0.2, 0) is 0 Å². The van der Waals surface area contributed by atoms with Crippen LogP contribution in [0, 0.1) is 11.6 Å². The molecule has 2 N–H and O–H groups in total. The number of nitrogen functional groups attached to an aromatic ring is 1.